The van der Waals surface area contributed by atoms with Crippen molar-refractivity contribution in [3.05, 3.63) is 59.8 Å². The molecule has 1 aromatic carbocycles. The maximum absolute atomic E-state index is 11.9. The molecule has 2 unspecified atom stereocenters. The lowest BCUT2D eigenvalue weighted by molar-refractivity contribution is -0.134. The van der Waals surface area contributed by atoms with E-state index in [-0.39, 0.29) is 12.5 Å². The number of methoxy groups -OCH3 is 1. The van der Waals surface area contributed by atoms with Gasteiger partial charge in [-0.25, -0.2) is 4.98 Å². The fourth-order valence-corrected chi connectivity index (χ4v) is 4.56. The first kappa shape index (κ1) is 21.4. The number of aliphatic hydroxyl groups is 1. The summed E-state index contributed by atoms with van der Waals surface area (Å²) in [5, 5.41) is 14.0. The van der Waals surface area contributed by atoms with E-state index in [9.17, 15) is 9.90 Å². The van der Waals surface area contributed by atoms with Gasteiger partial charge in [0.15, 0.2) is 5.76 Å². The van der Waals surface area contributed by atoms with Crippen LogP contribution in [0.5, 0.6) is 0 Å². The van der Waals surface area contributed by atoms with Crippen molar-refractivity contribution in [3.63, 3.8) is 0 Å². The number of nitrogens with zero attached hydrogens (tertiary/aromatic N) is 4. The fourth-order valence-electron chi connectivity index (χ4n) is 4.56. The molecule has 8 heteroatoms. The molecule has 2 aromatic heterocycles. The Morgan fingerprint density at radius 3 is 2.76 bits per heavy atom. The lowest BCUT2D eigenvalue weighted by Crippen LogP contribution is -2.34. The molecule has 1 saturated carbocycles. The number of carbonyl (C=O) groups excluding carboxylic acids is 1. The van der Waals surface area contributed by atoms with E-state index in [1.807, 2.05) is 46.0 Å². The summed E-state index contributed by atoms with van der Waals surface area (Å²) in [4.78, 5) is 18.0. The topological polar surface area (TPSA) is 93.6 Å². The summed E-state index contributed by atoms with van der Waals surface area (Å²) < 4.78 is 12.3. The normalized spacial score (nSPS) is 21.9. The average Bonchev–Trinajstić information content (AvgIpc) is 3.30. The molecule has 1 aliphatic heterocycles. The number of benzene rings is 1. The maximum atomic E-state index is 11.9. The molecule has 5 rings (SSSR count). The molecule has 3 aromatic rings. The number of rotatable bonds is 6. The molecule has 2 fully saturated rings. The zero-order valence-corrected chi connectivity index (χ0v) is 18.6. The number of hydrogen-bond acceptors (Lipinski definition) is 6. The Balaban J connectivity index is 1.18. The predicted octanol–water partition coefficient (Wildman–Crippen LogP) is 2.34. The summed E-state index contributed by atoms with van der Waals surface area (Å²) in [6.45, 7) is 3.89. The molecule has 1 saturated heterocycles. The maximum Gasteiger partial charge on any atom is 0.248 e. The summed E-state index contributed by atoms with van der Waals surface area (Å²) in [7, 11) is 1.55. The van der Waals surface area contributed by atoms with E-state index in [0.717, 1.165) is 29.9 Å². The molecular formula is C25H26N4O4. The highest BCUT2D eigenvalue weighted by molar-refractivity contribution is 5.78. The standard InChI is InChI=1S/C25H26N4O4/c1-16(30)25-26-9-10-28(25)12-19-11-23(33-27-19)18-6-3-17(4-7-18)5-8-20-21-13-29(14-22(20)21)24(31)15-32-2/h3-4,6-7,9-11,16,20-22,30H,12-15H2,1-2H3/t16-,20?,21?,22?/m0/s1. The van der Waals surface area contributed by atoms with Crippen molar-refractivity contribution in [1.29, 1.82) is 0 Å². The van der Waals surface area contributed by atoms with Crippen molar-refractivity contribution in [2.75, 3.05) is 26.8 Å². The smallest absolute Gasteiger partial charge is 0.248 e. The van der Waals surface area contributed by atoms with E-state index < -0.39 is 6.10 Å². The second-order valence-corrected chi connectivity index (χ2v) is 8.70. The Kier molecular flexibility index (Phi) is 5.75. The number of aliphatic hydroxyl groups excluding tert-OH is 1. The molecule has 2 aliphatic rings. The summed E-state index contributed by atoms with van der Waals surface area (Å²) >= 11 is 0. The Morgan fingerprint density at radius 1 is 1.30 bits per heavy atom. The Bertz CT molecular complexity index is 1190. The van der Waals surface area contributed by atoms with Gasteiger partial charge >= 0.3 is 0 Å². The highest BCUT2D eigenvalue weighted by atomic mass is 16.5. The van der Waals surface area contributed by atoms with E-state index in [1.165, 1.54) is 0 Å². The van der Waals surface area contributed by atoms with E-state index in [2.05, 4.69) is 22.0 Å². The van der Waals surface area contributed by atoms with Gasteiger partial charge in [-0.2, -0.15) is 0 Å². The highest BCUT2D eigenvalue weighted by Crippen LogP contribution is 2.51. The number of hydrogen-bond donors (Lipinski definition) is 1. The minimum Gasteiger partial charge on any atom is -0.385 e. The molecule has 0 radical (unpaired) electrons. The summed E-state index contributed by atoms with van der Waals surface area (Å²) in [5.41, 5.74) is 2.64. The summed E-state index contributed by atoms with van der Waals surface area (Å²) in [6.07, 6.45) is 2.83. The van der Waals surface area contributed by atoms with Crippen molar-refractivity contribution in [2.45, 2.75) is 19.6 Å². The Morgan fingerprint density at radius 2 is 2.06 bits per heavy atom. The zero-order chi connectivity index (χ0) is 22.9. The third kappa shape index (κ3) is 4.42. The molecule has 170 valence electrons. The third-order valence-electron chi connectivity index (χ3n) is 6.38. The largest absolute Gasteiger partial charge is 0.385 e. The molecule has 8 nitrogen and oxygen atoms in total. The second kappa shape index (κ2) is 8.85. The SMILES string of the molecule is COCC(=O)N1CC2C(C#Cc3ccc(-c4cc(Cn5ccnc5[C@H](C)O)no4)cc3)C2C1. The Hall–Kier alpha value is -3.41. The van der Waals surface area contributed by atoms with Gasteiger partial charge in [0.2, 0.25) is 5.91 Å². The number of aromatic nitrogens is 3. The molecular weight excluding hydrogens is 420 g/mol. The number of fused-ring (bicyclic) bond motifs is 1. The zero-order valence-electron chi connectivity index (χ0n) is 18.6. The number of piperidine rings is 1. The van der Waals surface area contributed by atoms with Gasteiger partial charge in [-0.15, -0.1) is 0 Å². The van der Waals surface area contributed by atoms with Gasteiger partial charge in [-0.3, -0.25) is 4.79 Å². The molecule has 1 amide bonds. The first-order valence-corrected chi connectivity index (χ1v) is 11.1. The molecule has 3 heterocycles. The van der Waals surface area contributed by atoms with Crippen molar-refractivity contribution in [2.24, 2.45) is 17.8 Å². The van der Waals surface area contributed by atoms with Gasteiger partial charge in [0.25, 0.3) is 0 Å². The quantitative estimate of drug-likeness (QED) is 0.584. The first-order chi connectivity index (χ1) is 16.0. The average molecular weight is 447 g/mol. The summed E-state index contributed by atoms with van der Waals surface area (Å²) in [5.74, 6) is 9.37. The number of carbonyl (C=O) groups is 1. The molecule has 0 bridgehead atoms. The number of likely N-dealkylation sites (tertiary alicyclic amines) is 1. The molecule has 1 N–H and O–H groups in total. The minimum atomic E-state index is -0.646. The van der Waals surface area contributed by atoms with Crippen LogP contribution in [-0.2, 0) is 16.1 Å². The van der Waals surface area contributed by atoms with Gasteiger partial charge in [-0.1, -0.05) is 17.0 Å². The molecule has 1 aliphatic carbocycles. The van der Waals surface area contributed by atoms with Crippen LogP contribution in [0.25, 0.3) is 11.3 Å². The number of amides is 1. The lowest BCUT2D eigenvalue weighted by Gasteiger charge is -2.18. The Labute approximate surface area is 192 Å². The monoisotopic (exact) mass is 446 g/mol. The van der Waals surface area contributed by atoms with E-state index in [4.69, 9.17) is 9.26 Å². The van der Waals surface area contributed by atoms with Crippen LogP contribution in [0.4, 0.5) is 0 Å². The van der Waals surface area contributed by atoms with Gasteiger partial charge in [0.05, 0.1) is 6.54 Å². The van der Waals surface area contributed by atoms with Crippen LogP contribution in [-0.4, -0.2) is 57.4 Å². The second-order valence-electron chi connectivity index (χ2n) is 8.70. The number of imidazole rings is 1. The molecule has 33 heavy (non-hydrogen) atoms. The van der Waals surface area contributed by atoms with E-state index >= 15 is 0 Å². The molecule has 3 atom stereocenters. The highest BCUT2D eigenvalue weighted by Gasteiger charge is 2.55. The van der Waals surface area contributed by atoms with Crippen molar-refractivity contribution < 1.29 is 19.2 Å². The number of ether oxygens (including phenoxy) is 1. The van der Waals surface area contributed by atoms with E-state index in [0.29, 0.717) is 35.9 Å². The van der Waals surface area contributed by atoms with Crippen LogP contribution >= 0.6 is 0 Å². The first-order valence-electron chi connectivity index (χ1n) is 11.1. The third-order valence-corrected chi connectivity index (χ3v) is 6.38. The van der Waals surface area contributed by atoms with Crippen LogP contribution in [0.15, 0.2) is 47.2 Å². The molecule has 0 spiro atoms. The van der Waals surface area contributed by atoms with Crippen molar-refractivity contribution >= 4 is 5.91 Å². The minimum absolute atomic E-state index is 0.0657. The lowest BCUT2D eigenvalue weighted by atomic mass is 10.1. The van der Waals surface area contributed by atoms with Crippen LogP contribution < -0.4 is 0 Å². The van der Waals surface area contributed by atoms with Crippen molar-refractivity contribution in [1.82, 2.24) is 19.6 Å². The fraction of sp³-hybridized carbons (Fsp3) is 0.400. The summed E-state index contributed by atoms with van der Waals surface area (Å²) in [6, 6.07) is 9.82. The predicted molar refractivity (Wildman–Crippen MR) is 120 cm³/mol. The van der Waals surface area contributed by atoms with Gasteiger partial charge in [0, 0.05) is 55.7 Å². The van der Waals surface area contributed by atoms with Crippen molar-refractivity contribution in [3.8, 4) is 23.2 Å². The van der Waals surface area contributed by atoms with Crippen LogP contribution in [0.2, 0.25) is 0 Å². The van der Waals surface area contributed by atoms with Crippen LogP contribution in [0.1, 0.15) is 30.1 Å². The van der Waals surface area contributed by atoms with E-state index in [1.54, 1.807) is 20.2 Å². The van der Waals surface area contributed by atoms with Gasteiger partial charge in [-0.05, 0) is 43.0 Å². The van der Waals surface area contributed by atoms with Crippen LogP contribution in [0.3, 0.4) is 0 Å². The van der Waals surface area contributed by atoms with Crippen LogP contribution in [0, 0.1) is 29.6 Å². The van der Waals surface area contributed by atoms with Gasteiger partial charge < -0.3 is 23.8 Å². The van der Waals surface area contributed by atoms with Gasteiger partial charge in [0.1, 0.15) is 24.2 Å².